The van der Waals surface area contributed by atoms with E-state index in [0.717, 1.165) is 54.2 Å². The first-order valence-electron chi connectivity index (χ1n) is 18.6. The molecule has 0 aliphatic carbocycles. The topological polar surface area (TPSA) is 172 Å². The molecule has 0 fully saturated rings. The van der Waals surface area contributed by atoms with Gasteiger partial charge in [-0.1, -0.05) is 210 Å². The third-order valence-corrected chi connectivity index (χ3v) is 17.9. The van der Waals surface area contributed by atoms with Crippen molar-refractivity contribution in [3.05, 3.63) is 24.3 Å². The summed E-state index contributed by atoms with van der Waals surface area (Å²) in [5, 5.41) is 17.1. The summed E-state index contributed by atoms with van der Waals surface area (Å²) in [6, 6.07) is 0. The van der Waals surface area contributed by atoms with Gasteiger partial charge in [0.25, 0.3) is 0 Å². The predicted octanol–water partition coefficient (Wildman–Crippen LogP) is 13.1. The molecule has 0 aromatic carbocycles. The maximum atomic E-state index is 10.5. The molecular weight excluding hydrogens is 1150 g/mol. The average Bonchev–Trinajstić information content (AvgIpc) is 3.05. The lowest BCUT2D eigenvalue weighted by atomic mass is 10.0. The number of alkyl halides is 4. The highest BCUT2D eigenvalue weighted by atomic mass is 127. The molecule has 0 saturated carbocycles. The second-order valence-corrected chi connectivity index (χ2v) is 23.1. The van der Waals surface area contributed by atoms with E-state index in [1.807, 2.05) is 0 Å². The molecule has 302 valence electrons. The molecule has 0 spiro atoms. The van der Waals surface area contributed by atoms with Gasteiger partial charge in [-0.2, -0.15) is 0 Å². The number of hydrogen-bond donors (Lipinski definition) is 4. The van der Waals surface area contributed by atoms with Gasteiger partial charge in [0.05, 0.1) is 0 Å². The van der Waals surface area contributed by atoms with Gasteiger partial charge in [-0.15, -0.1) is 0 Å². The molecule has 0 heterocycles. The van der Waals surface area contributed by atoms with Crippen molar-refractivity contribution in [2.75, 3.05) is 0 Å². The van der Waals surface area contributed by atoms with E-state index in [-0.39, 0.29) is 0 Å². The Morgan fingerprint density at radius 2 is 0.941 bits per heavy atom. The molecular formula is C36H66I4O9P2. The summed E-state index contributed by atoms with van der Waals surface area (Å²) < 4.78 is 21.8. The van der Waals surface area contributed by atoms with Crippen molar-refractivity contribution in [3.63, 3.8) is 0 Å². The van der Waals surface area contributed by atoms with Gasteiger partial charge in [0.15, 0.2) is 0 Å². The third-order valence-electron chi connectivity index (χ3n) is 7.74. The van der Waals surface area contributed by atoms with Gasteiger partial charge in [-0.05, 0) is 64.2 Å². The molecule has 4 N–H and O–H groups in total. The van der Waals surface area contributed by atoms with Crippen molar-refractivity contribution in [1.82, 2.24) is 0 Å². The minimum atomic E-state index is -4.78. The Kier molecular flexibility index (Phi) is 45.9. The molecule has 0 aliphatic heterocycles. The predicted molar refractivity (Wildman–Crippen MR) is 247 cm³/mol. The summed E-state index contributed by atoms with van der Waals surface area (Å²) >= 11 is 10.6. The molecule has 0 aliphatic rings. The SMILES string of the molecule is CCCCC/C=C\C/C=C\CCCCCCCC(=O)O.CCCCCC(I)C(I)CC(I)C(I)CCCCCCCC(=O)O.O=[P+]([O-])P(=O)(O)O. The molecule has 0 amide bonds. The lowest BCUT2D eigenvalue weighted by Gasteiger charge is -2.23. The number of carboxylic acid groups (broad SMARTS) is 2. The number of carboxylic acids is 2. The monoisotopic (exact) mass is 1210 g/mol. The molecule has 0 aromatic heterocycles. The Labute approximate surface area is 365 Å². The lowest BCUT2D eigenvalue weighted by molar-refractivity contribution is -0.160. The first kappa shape index (κ1) is 56.9. The number of rotatable bonds is 31. The molecule has 0 radical (unpaired) electrons. The van der Waals surface area contributed by atoms with Gasteiger partial charge in [-0.3, -0.25) is 19.4 Å². The quantitative estimate of drug-likeness (QED) is 0.0173. The Bertz CT molecular complexity index is 952. The fourth-order valence-electron chi connectivity index (χ4n) is 4.70. The van der Waals surface area contributed by atoms with E-state index in [1.165, 1.54) is 103 Å². The second-order valence-electron chi connectivity index (χ2n) is 12.6. The second kappa shape index (κ2) is 41.2. The third kappa shape index (κ3) is 47.6. The number of carbonyl (C=O) groups is 2. The van der Waals surface area contributed by atoms with Crippen molar-refractivity contribution in [3.8, 4) is 0 Å². The van der Waals surface area contributed by atoms with Crippen LogP contribution in [-0.4, -0.2) is 47.6 Å². The summed E-state index contributed by atoms with van der Waals surface area (Å²) in [6.07, 6.45) is 36.3. The zero-order valence-corrected chi connectivity index (χ0v) is 41.2. The first-order chi connectivity index (χ1) is 24.1. The number of halogens is 4. The number of hydrogen-bond acceptors (Lipinski definition) is 5. The van der Waals surface area contributed by atoms with Crippen LogP contribution in [0, 0.1) is 0 Å². The molecule has 0 saturated heterocycles. The van der Waals surface area contributed by atoms with Crippen LogP contribution in [-0.2, 0) is 18.7 Å². The minimum absolute atomic E-state index is 0.324. The smallest absolute Gasteiger partial charge is 0.561 e. The van der Waals surface area contributed by atoms with Gasteiger partial charge in [0, 0.05) is 28.5 Å². The number of unbranched alkanes of at least 4 members (excludes halogenated alkanes) is 14. The Balaban J connectivity index is -0.000000769. The van der Waals surface area contributed by atoms with Crippen molar-refractivity contribution in [1.29, 1.82) is 0 Å². The molecule has 15 heteroatoms. The van der Waals surface area contributed by atoms with Crippen LogP contribution in [0.3, 0.4) is 0 Å². The number of allylic oxidation sites excluding steroid dienone is 4. The largest absolute Gasteiger partial charge is 0.588 e. The Morgan fingerprint density at radius 1 is 0.608 bits per heavy atom. The summed E-state index contributed by atoms with van der Waals surface area (Å²) in [6.45, 7) is 4.51. The fourth-order valence-corrected chi connectivity index (χ4v) is 8.95. The first-order valence-corrected chi connectivity index (χ1v) is 27.1. The van der Waals surface area contributed by atoms with Crippen molar-refractivity contribution in [2.45, 2.75) is 184 Å². The maximum Gasteiger partial charge on any atom is 0.561 e. The molecule has 0 rings (SSSR count). The van der Waals surface area contributed by atoms with E-state index < -0.39 is 26.9 Å². The van der Waals surface area contributed by atoms with Crippen LogP contribution in [0.1, 0.15) is 168 Å². The Hall–Kier alpha value is 1.55. The van der Waals surface area contributed by atoms with Crippen molar-refractivity contribution in [2.24, 2.45) is 0 Å². The normalized spacial score (nSPS) is 14.3. The summed E-state index contributed by atoms with van der Waals surface area (Å²) in [5.41, 5.74) is 0. The van der Waals surface area contributed by atoms with E-state index in [1.54, 1.807) is 0 Å². The van der Waals surface area contributed by atoms with Gasteiger partial charge in [-0.25, -0.2) is 4.57 Å². The molecule has 51 heavy (non-hydrogen) atoms. The molecule has 0 bridgehead atoms. The zero-order chi connectivity index (χ0) is 39.3. The minimum Gasteiger partial charge on any atom is -0.588 e. The zero-order valence-electron chi connectivity index (χ0n) is 30.8. The average molecular weight is 1210 g/mol. The maximum absolute atomic E-state index is 10.5. The van der Waals surface area contributed by atoms with E-state index in [0.29, 0.717) is 12.8 Å². The van der Waals surface area contributed by atoms with E-state index in [9.17, 15) is 23.6 Å². The van der Waals surface area contributed by atoms with Crippen LogP contribution in [0.2, 0.25) is 0 Å². The highest BCUT2D eigenvalue weighted by Crippen LogP contribution is 2.56. The molecule has 0 aromatic rings. The van der Waals surface area contributed by atoms with E-state index >= 15 is 0 Å². The fraction of sp³-hybridized carbons (Fsp3) is 0.833. The molecule has 5 unspecified atom stereocenters. The molecule has 5 atom stereocenters. The lowest BCUT2D eigenvalue weighted by Crippen LogP contribution is -2.23. The summed E-state index contributed by atoms with van der Waals surface area (Å²) in [7, 11) is -8.36. The number of aliphatic carboxylic acids is 2. The Morgan fingerprint density at radius 3 is 1.33 bits per heavy atom. The summed E-state index contributed by atoms with van der Waals surface area (Å²) in [4.78, 5) is 45.3. The highest BCUT2D eigenvalue weighted by molar-refractivity contribution is 14.1. The highest BCUT2D eigenvalue weighted by Gasteiger charge is 2.30. The van der Waals surface area contributed by atoms with Gasteiger partial charge >= 0.3 is 26.9 Å². The van der Waals surface area contributed by atoms with Crippen LogP contribution < -0.4 is 4.89 Å². The van der Waals surface area contributed by atoms with Crippen LogP contribution >= 0.6 is 105 Å². The van der Waals surface area contributed by atoms with E-state index in [2.05, 4.69) is 129 Å². The van der Waals surface area contributed by atoms with Crippen LogP contribution in [0.15, 0.2) is 24.3 Å². The van der Waals surface area contributed by atoms with Crippen LogP contribution in [0.5, 0.6) is 0 Å². The van der Waals surface area contributed by atoms with Crippen LogP contribution in [0.25, 0.3) is 0 Å². The standard InChI is InChI=1S/C18H32I4O2.C18H32O2.H2O5P2/c1-2-3-7-10-14(19)16(21)13-17(22)15(20)11-8-5-4-6-9-12-18(23)24;1-2-3-4-5-6-7-8-9-10-11-12-13-14-15-16-17-18(19)20;1-6(2)7(3,4)5/h14-17H,2-13H2,1H3,(H,23,24);6-7,9-10H,2-5,8,11-17H2,1H3,(H,19,20);(H2,3,4,5)/b;7-6-,10-9-;. The van der Waals surface area contributed by atoms with E-state index in [4.69, 9.17) is 20.0 Å². The van der Waals surface area contributed by atoms with Crippen molar-refractivity contribution >= 4 is 117 Å². The van der Waals surface area contributed by atoms with Crippen molar-refractivity contribution < 1.29 is 43.6 Å². The van der Waals surface area contributed by atoms with Crippen LogP contribution in [0.4, 0.5) is 0 Å². The van der Waals surface area contributed by atoms with Gasteiger partial charge in [0.1, 0.15) is 0 Å². The van der Waals surface area contributed by atoms with Gasteiger partial charge in [0.2, 0.25) is 0 Å². The summed E-state index contributed by atoms with van der Waals surface area (Å²) in [5.74, 6) is -1.33. The molecule has 9 nitrogen and oxygen atoms in total. The van der Waals surface area contributed by atoms with Gasteiger partial charge < -0.3 is 15.1 Å².